The molecular formula is C26H24Cl2N6O. The van der Waals surface area contributed by atoms with Gasteiger partial charge in [0.2, 0.25) is 5.95 Å². The van der Waals surface area contributed by atoms with Gasteiger partial charge in [0.1, 0.15) is 0 Å². The lowest BCUT2D eigenvalue weighted by Gasteiger charge is -2.34. The Labute approximate surface area is 213 Å². The van der Waals surface area contributed by atoms with Gasteiger partial charge in [-0.1, -0.05) is 41.9 Å². The highest BCUT2D eigenvalue weighted by Gasteiger charge is 2.16. The van der Waals surface area contributed by atoms with Crippen molar-refractivity contribution in [2.24, 2.45) is 0 Å². The van der Waals surface area contributed by atoms with Gasteiger partial charge in [-0.25, -0.2) is 9.97 Å². The Hall–Kier alpha value is -3.39. The number of anilines is 3. The molecule has 0 atom stereocenters. The molecule has 3 heterocycles. The molecule has 2 aromatic heterocycles. The fourth-order valence-electron chi connectivity index (χ4n) is 4.19. The minimum absolute atomic E-state index is 0.316. The Bertz CT molecular complexity index is 1440. The molecule has 0 saturated carbocycles. The monoisotopic (exact) mass is 506 g/mol. The zero-order valence-corrected chi connectivity index (χ0v) is 20.7. The first-order chi connectivity index (χ1) is 16.9. The molecule has 35 heavy (non-hydrogen) atoms. The zero-order valence-electron chi connectivity index (χ0n) is 19.2. The normalized spacial score (nSPS) is 14.3. The summed E-state index contributed by atoms with van der Waals surface area (Å²) in [5, 5.41) is 4.31. The van der Waals surface area contributed by atoms with E-state index in [1.807, 2.05) is 12.1 Å². The molecule has 1 saturated heterocycles. The number of fused-ring (bicyclic) bond motifs is 1. The molecule has 2 aromatic carbocycles. The van der Waals surface area contributed by atoms with Crippen LogP contribution in [0.5, 0.6) is 0 Å². The Morgan fingerprint density at radius 3 is 2.37 bits per heavy atom. The van der Waals surface area contributed by atoms with Crippen LogP contribution in [-0.4, -0.2) is 52.7 Å². The van der Waals surface area contributed by atoms with Crippen molar-refractivity contribution < 1.29 is 0 Å². The predicted molar refractivity (Wildman–Crippen MR) is 145 cm³/mol. The number of piperazine rings is 1. The van der Waals surface area contributed by atoms with E-state index < -0.39 is 0 Å². The van der Waals surface area contributed by atoms with Gasteiger partial charge in [-0.15, -0.1) is 0 Å². The van der Waals surface area contributed by atoms with E-state index in [-0.39, 0.29) is 5.56 Å². The van der Waals surface area contributed by atoms with Crippen LogP contribution >= 0.6 is 23.2 Å². The third-order valence-electron chi connectivity index (χ3n) is 6.17. The van der Waals surface area contributed by atoms with Gasteiger partial charge in [0, 0.05) is 55.5 Å². The van der Waals surface area contributed by atoms with Crippen molar-refractivity contribution in [1.29, 1.82) is 0 Å². The molecule has 0 aliphatic carbocycles. The molecule has 1 N–H and O–H groups in total. The summed E-state index contributed by atoms with van der Waals surface area (Å²) < 4.78 is 1.41. The van der Waals surface area contributed by atoms with Crippen molar-refractivity contribution in [2.75, 3.05) is 43.4 Å². The van der Waals surface area contributed by atoms with Gasteiger partial charge in [-0.2, -0.15) is 0 Å². The van der Waals surface area contributed by atoms with Gasteiger partial charge < -0.3 is 15.1 Å². The van der Waals surface area contributed by atoms with E-state index in [0.29, 0.717) is 38.1 Å². The van der Waals surface area contributed by atoms with Crippen LogP contribution in [0.3, 0.4) is 0 Å². The lowest BCUT2D eigenvalue weighted by molar-refractivity contribution is 0.313. The number of nitrogens with zero attached hydrogens (tertiary/aromatic N) is 5. The second-order valence-electron chi connectivity index (χ2n) is 8.45. The molecule has 0 amide bonds. The summed E-state index contributed by atoms with van der Waals surface area (Å²) >= 11 is 12.7. The molecule has 4 aromatic rings. The van der Waals surface area contributed by atoms with Crippen LogP contribution in [0, 0.1) is 0 Å². The summed E-state index contributed by atoms with van der Waals surface area (Å²) in [4.78, 5) is 27.0. The lowest BCUT2D eigenvalue weighted by Crippen LogP contribution is -2.44. The first-order valence-corrected chi connectivity index (χ1v) is 12.0. The average molecular weight is 507 g/mol. The Morgan fingerprint density at radius 1 is 1.03 bits per heavy atom. The van der Waals surface area contributed by atoms with Crippen molar-refractivity contribution in [3.63, 3.8) is 0 Å². The quantitative estimate of drug-likeness (QED) is 0.399. The lowest BCUT2D eigenvalue weighted by atomic mass is 10.2. The van der Waals surface area contributed by atoms with Crippen LogP contribution in [0.15, 0.2) is 66.2 Å². The minimum atomic E-state index is -0.316. The summed E-state index contributed by atoms with van der Waals surface area (Å²) in [7, 11) is 2.15. The van der Waals surface area contributed by atoms with E-state index in [0.717, 1.165) is 31.9 Å². The fraction of sp³-hybridized carbons (Fsp3) is 0.192. The molecule has 178 valence electrons. The maximum absolute atomic E-state index is 13.3. The Kier molecular flexibility index (Phi) is 6.47. The minimum Gasteiger partial charge on any atom is -0.369 e. The van der Waals surface area contributed by atoms with E-state index in [1.165, 1.54) is 16.5 Å². The molecule has 1 fully saturated rings. The molecule has 0 spiro atoms. The van der Waals surface area contributed by atoms with Crippen molar-refractivity contribution in [3.8, 4) is 5.69 Å². The van der Waals surface area contributed by atoms with Gasteiger partial charge in [0.05, 0.1) is 26.6 Å². The van der Waals surface area contributed by atoms with Crippen LogP contribution in [0.2, 0.25) is 10.0 Å². The first kappa shape index (κ1) is 23.4. The summed E-state index contributed by atoms with van der Waals surface area (Å²) in [6.45, 7) is 8.03. The molecule has 0 bridgehead atoms. The molecule has 0 unspecified atom stereocenters. The summed E-state index contributed by atoms with van der Waals surface area (Å²) in [6.07, 6.45) is 4.80. The van der Waals surface area contributed by atoms with E-state index in [2.05, 4.69) is 50.8 Å². The highest BCUT2D eigenvalue weighted by Crippen LogP contribution is 2.29. The molecule has 1 aliphatic rings. The maximum atomic E-state index is 13.3. The van der Waals surface area contributed by atoms with Crippen LogP contribution < -0.4 is 15.8 Å². The van der Waals surface area contributed by atoms with Crippen LogP contribution in [0.4, 0.5) is 17.3 Å². The number of benzene rings is 2. The number of hydrogen-bond donors (Lipinski definition) is 1. The molecule has 5 rings (SSSR count). The maximum Gasteiger partial charge on any atom is 0.266 e. The number of rotatable bonds is 5. The number of para-hydroxylation sites is 1. The number of aromatic nitrogens is 3. The largest absolute Gasteiger partial charge is 0.369 e. The molecule has 7 nitrogen and oxygen atoms in total. The van der Waals surface area contributed by atoms with Gasteiger partial charge in [-0.3, -0.25) is 9.36 Å². The molecular weight excluding hydrogens is 483 g/mol. The van der Waals surface area contributed by atoms with E-state index in [1.54, 1.807) is 30.5 Å². The Morgan fingerprint density at radius 2 is 1.71 bits per heavy atom. The summed E-state index contributed by atoms with van der Waals surface area (Å²) in [5.41, 5.74) is 3.30. The second-order valence-corrected chi connectivity index (χ2v) is 9.27. The standard InChI is InChI=1S/C26H24Cl2N6O/c1-3-17-16-34(24-21(27)5-4-6-22(24)28)25(35)20-15-29-26(31-23(17)20)30-18-7-9-19(10-8-18)33-13-11-32(2)12-14-33/h3-10,15-16H,1,11-14H2,2H3,(H,29,30,31). The number of hydrogen-bond acceptors (Lipinski definition) is 6. The molecule has 0 radical (unpaired) electrons. The highest BCUT2D eigenvalue weighted by molar-refractivity contribution is 6.37. The molecule has 9 heteroatoms. The number of pyridine rings is 1. The highest BCUT2D eigenvalue weighted by atomic mass is 35.5. The SMILES string of the molecule is C=Cc1cn(-c2c(Cl)cccc2Cl)c(=O)c2cnc(Nc3ccc(N4CCN(C)CC4)cc3)nc12. The number of likely N-dealkylation sites (N-methyl/N-ethyl adjacent to an activating group) is 1. The van der Waals surface area contributed by atoms with E-state index in [9.17, 15) is 4.79 Å². The first-order valence-electron chi connectivity index (χ1n) is 11.2. The smallest absolute Gasteiger partial charge is 0.266 e. The number of nitrogens with one attached hydrogen (secondary N) is 1. The van der Waals surface area contributed by atoms with Gasteiger partial charge in [0.25, 0.3) is 5.56 Å². The zero-order chi connectivity index (χ0) is 24.5. The summed E-state index contributed by atoms with van der Waals surface area (Å²) in [6, 6.07) is 13.3. The molecule has 1 aliphatic heterocycles. The third kappa shape index (κ3) is 4.62. The summed E-state index contributed by atoms with van der Waals surface area (Å²) in [5.74, 6) is 0.390. The van der Waals surface area contributed by atoms with Gasteiger partial charge in [-0.05, 0) is 43.4 Å². The second kappa shape index (κ2) is 9.70. The average Bonchev–Trinajstić information content (AvgIpc) is 2.86. The Balaban J connectivity index is 1.46. The van der Waals surface area contributed by atoms with E-state index >= 15 is 0 Å². The van der Waals surface area contributed by atoms with Crippen molar-refractivity contribution in [1.82, 2.24) is 19.4 Å². The van der Waals surface area contributed by atoms with Crippen LogP contribution in [0.25, 0.3) is 22.7 Å². The van der Waals surface area contributed by atoms with Crippen LogP contribution in [0.1, 0.15) is 5.56 Å². The van der Waals surface area contributed by atoms with Crippen molar-refractivity contribution >= 4 is 57.5 Å². The van der Waals surface area contributed by atoms with Crippen molar-refractivity contribution in [2.45, 2.75) is 0 Å². The topological polar surface area (TPSA) is 66.3 Å². The van der Waals surface area contributed by atoms with Crippen molar-refractivity contribution in [3.05, 3.63) is 87.4 Å². The van der Waals surface area contributed by atoms with Crippen LogP contribution in [-0.2, 0) is 0 Å². The third-order valence-corrected chi connectivity index (χ3v) is 6.78. The van der Waals surface area contributed by atoms with Gasteiger partial charge >= 0.3 is 0 Å². The van der Waals surface area contributed by atoms with E-state index in [4.69, 9.17) is 23.2 Å². The van der Waals surface area contributed by atoms with Gasteiger partial charge in [0.15, 0.2) is 0 Å². The predicted octanol–water partition coefficient (Wildman–Crippen LogP) is 5.23. The fourth-order valence-corrected chi connectivity index (χ4v) is 4.77. The number of halogens is 2.